The largest absolute Gasteiger partial charge is 0.465 e. The van der Waals surface area contributed by atoms with Crippen LogP contribution in [0.3, 0.4) is 0 Å². The van der Waals surface area contributed by atoms with Crippen molar-refractivity contribution >= 4 is 17.6 Å². The van der Waals surface area contributed by atoms with Crippen LogP contribution in [-0.2, 0) is 9.53 Å². The number of hydrogen-bond acceptors (Lipinski definition) is 4. The molecule has 0 spiro atoms. The summed E-state index contributed by atoms with van der Waals surface area (Å²) in [5.74, 6) is -0.438. The summed E-state index contributed by atoms with van der Waals surface area (Å²) in [7, 11) is 1.35. The fraction of sp³-hybridized carbons (Fsp3) is 0.556. The van der Waals surface area contributed by atoms with Gasteiger partial charge in [-0.15, -0.1) is 0 Å². The smallest absolute Gasteiger partial charge is 0.337 e. The Bertz CT molecular complexity index is 506. The van der Waals surface area contributed by atoms with E-state index in [-0.39, 0.29) is 11.9 Å². The number of benzene rings is 1. The highest BCUT2D eigenvalue weighted by atomic mass is 16.5. The normalized spacial score (nSPS) is 16.2. The molecule has 1 aromatic rings. The molecule has 0 heterocycles. The van der Waals surface area contributed by atoms with Crippen LogP contribution in [0.5, 0.6) is 0 Å². The van der Waals surface area contributed by atoms with Crippen LogP contribution in [0.25, 0.3) is 0 Å². The lowest BCUT2D eigenvalue weighted by atomic mass is 9.97. The van der Waals surface area contributed by atoms with Gasteiger partial charge in [0.05, 0.1) is 19.2 Å². The summed E-state index contributed by atoms with van der Waals surface area (Å²) in [4.78, 5) is 23.4. The van der Waals surface area contributed by atoms with E-state index in [2.05, 4.69) is 15.4 Å². The molecule has 2 rings (SSSR count). The van der Waals surface area contributed by atoms with Crippen molar-refractivity contribution in [2.75, 3.05) is 19.0 Å². The second kappa shape index (κ2) is 9.30. The van der Waals surface area contributed by atoms with E-state index in [0.29, 0.717) is 23.8 Å². The summed E-state index contributed by atoms with van der Waals surface area (Å²) in [6.45, 7) is 0.323. The van der Waals surface area contributed by atoms with Gasteiger partial charge >= 0.3 is 5.97 Å². The second-order valence-electron chi connectivity index (χ2n) is 6.04. The van der Waals surface area contributed by atoms with Crippen LogP contribution in [0.2, 0.25) is 0 Å². The molecule has 1 aromatic carbocycles. The van der Waals surface area contributed by atoms with Gasteiger partial charge in [-0.1, -0.05) is 32.1 Å². The molecule has 1 amide bonds. The molecule has 1 aliphatic carbocycles. The first-order valence-corrected chi connectivity index (χ1v) is 8.40. The Labute approximate surface area is 137 Å². The minimum atomic E-state index is -0.381. The minimum Gasteiger partial charge on any atom is -0.465 e. The quantitative estimate of drug-likeness (QED) is 0.819. The van der Waals surface area contributed by atoms with Gasteiger partial charge < -0.3 is 15.4 Å². The highest BCUT2D eigenvalue weighted by molar-refractivity contribution is 5.93. The molecule has 2 N–H and O–H groups in total. The number of hydrogen-bond donors (Lipinski definition) is 2. The van der Waals surface area contributed by atoms with E-state index in [9.17, 15) is 9.59 Å². The monoisotopic (exact) mass is 318 g/mol. The fourth-order valence-corrected chi connectivity index (χ4v) is 2.91. The third kappa shape index (κ3) is 6.02. The Hall–Kier alpha value is -1.88. The SMILES string of the molecule is COC(=O)c1ccc(NC(=O)CNC2CCCCCCC2)cc1. The third-order valence-corrected chi connectivity index (χ3v) is 4.25. The molecule has 126 valence electrons. The predicted molar refractivity (Wildman–Crippen MR) is 90.5 cm³/mol. The van der Waals surface area contributed by atoms with E-state index in [1.807, 2.05) is 0 Å². The zero-order valence-electron chi connectivity index (χ0n) is 13.8. The summed E-state index contributed by atoms with van der Waals surface area (Å²) in [5.41, 5.74) is 1.15. The number of ether oxygens (including phenoxy) is 1. The topological polar surface area (TPSA) is 67.4 Å². The van der Waals surface area contributed by atoms with Gasteiger partial charge in [0.2, 0.25) is 5.91 Å². The molecular weight excluding hydrogens is 292 g/mol. The van der Waals surface area contributed by atoms with Gasteiger partial charge in [0.1, 0.15) is 0 Å². The zero-order valence-corrected chi connectivity index (χ0v) is 13.8. The molecule has 1 saturated carbocycles. The van der Waals surface area contributed by atoms with Crippen LogP contribution in [0.4, 0.5) is 5.69 Å². The maximum Gasteiger partial charge on any atom is 0.337 e. The Balaban J connectivity index is 1.76. The molecule has 0 bridgehead atoms. The van der Waals surface area contributed by atoms with E-state index in [0.717, 1.165) is 12.8 Å². The van der Waals surface area contributed by atoms with Gasteiger partial charge in [-0.25, -0.2) is 4.79 Å². The summed E-state index contributed by atoms with van der Waals surface area (Å²) >= 11 is 0. The van der Waals surface area contributed by atoms with Crippen molar-refractivity contribution in [1.82, 2.24) is 5.32 Å². The lowest BCUT2D eigenvalue weighted by molar-refractivity contribution is -0.115. The number of esters is 1. The molecule has 1 fully saturated rings. The van der Waals surface area contributed by atoms with Crippen LogP contribution in [0.15, 0.2) is 24.3 Å². The molecule has 0 unspecified atom stereocenters. The summed E-state index contributed by atoms with van der Waals surface area (Å²) < 4.78 is 4.65. The van der Waals surface area contributed by atoms with Gasteiger partial charge in [-0.3, -0.25) is 4.79 Å². The molecule has 0 aliphatic heterocycles. The maximum atomic E-state index is 12.0. The van der Waals surface area contributed by atoms with Crippen molar-refractivity contribution in [2.45, 2.75) is 51.0 Å². The first-order chi connectivity index (χ1) is 11.2. The number of nitrogens with one attached hydrogen (secondary N) is 2. The molecule has 0 saturated heterocycles. The minimum absolute atomic E-state index is 0.0575. The molecule has 1 aliphatic rings. The summed E-state index contributed by atoms with van der Waals surface area (Å²) in [6.07, 6.45) is 8.74. The van der Waals surface area contributed by atoms with E-state index in [4.69, 9.17) is 0 Å². The van der Waals surface area contributed by atoms with Crippen LogP contribution < -0.4 is 10.6 Å². The van der Waals surface area contributed by atoms with Crippen molar-refractivity contribution < 1.29 is 14.3 Å². The molecule has 0 aromatic heterocycles. The molecule has 5 heteroatoms. The molecule has 23 heavy (non-hydrogen) atoms. The number of anilines is 1. The van der Waals surface area contributed by atoms with Crippen LogP contribution in [-0.4, -0.2) is 31.6 Å². The van der Waals surface area contributed by atoms with E-state index in [1.54, 1.807) is 24.3 Å². The van der Waals surface area contributed by atoms with Gasteiger partial charge in [-0.2, -0.15) is 0 Å². The van der Waals surface area contributed by atoms with Crippen LogP contribution >= 0.6 is 0 Å². The first-order valence-electron chi connectivity index (χ1n) is 8.40. The van der Waals surface area contributed by atoms with Gasteiger partial charge in [0, 0.05) is 11.7 Å². The highest BCUT2D eigenvalue weighted by Crippen LogP contribution is 2.17. The van der Waals surface area contributed by atoms with Crippen molar-refractivity contribution in [1.29, 1.82) is 0 Å². The lowest BCUT2D eigenvalue weighted by Crippen LogP contribution is -2.36. The zero-order chi connectivity index (χ0) is 16.5. The third-order valence-electron chi connectivity index (χ3n) is 4.25. The van der Waals surface area contributed by atoms with E-state index >= 15 is 0 Å². The van der Waals surface area contributed by atoms with Crippen molar-refractivity contribution in [3.63, 3.8) is 0 Å². The van der Waals surface area contributed by atoms with Gasteiger partial charge in [-0.05, 0) is 37.1 Å². The molecule has 0 atom stereocenters. The Morgan fingerprint density at radius 3 is 2.26 bits per heavy atom. The van der Waals surface area contributed by atoms with Crippen molar-refractivity contribution in [2.24, 2.45) is 0 Å². The van der Waals surface area contributed by atoms with Gasteiger partial charge in [0.15, 0.2) is 0 Å². The maximum absolute atomic E-state index is 12.0. The number of amides is 1. The summed E-state index contributed by atoms with van der Waals surface area (Å²) in [5, 5.41) is 6.20. The Morgan fingerprint density at radius 2 is 1.65 bits per heavy atom. The number of methoxy groups -OCH3 is 1. The van der Waals surface area contributed by atoms with Crippen LogP contribution in [0, 0.1) is 0 Å². The van der Waals surface area contributed by atoms with Crippen LogP contribution in [0.1, 0.15) is 55.3 Å². The fourth-order valence-electron chi connectivity index (χ4n) is 2.91. The van der Waals surface area contributed by atoms with Gasteiger partial charge in [0.25, 0.3) is 0 Å². The van der Waals surface area contributed by atoms with E-state index in [1.165, 1.54) is 39.2 Å². The number of carbonyl (C=O) groups is 2. The highest BCUT2D eigenvalue weighted by Gasteiger charge is 2.12. The average Bonchev–Trinajstić information content (AvgIpc) is 2.54. The lowest BCUT2D eigenvalue weighted by Gasteiger charge is -2.20. The Kier molecular flexibility index (Phi) is 7.07. The number of carbonyl (C=O) groups excluding carboxylic acids is 2. The van der Waals surface area contributed by atoms with Crippen molar-refractivity contribution in [3.8, 4) is 0 Å². The first kappa shape index (κ1) is 17.5. The molecule has 5 nitrogen and oxygen atoms in total. The number of rotatable bonds is 5. The molecular formula is C18H26N2O3. The Morgan fingerprint density at radius 1 is 1.04 bits per heavy atom. The molecule has 0 radical (unpaired) electrons. The predicted octanol–water partition coefficient (Wildman–Crippen LogP) is 3.11. The van der Waals surface area contributed by atoms with Crippen molar-refractivity contribution in [3.05, 3.63) is 29.8 Å². The average molecular weight is 318 g/mol. The summed E-state index contributed by atoms with van der Waals surface area (Å²) in [6, 6.07) is 7.15. The second-order valence-corrected chi connectivity index (χ2v) is 6.04. The van der Waals surface area contributed by atoms with E-state index < -0.39 is 0 Å². The standard InChI is InChI=1S/C18H26N2O3/c1-23-18(22)14-9-11-16(12-10-14)20-17(21)13-19-15-7-5-3-2-4-6-8-15/h9-12,15,19H,2-8,13H2,1H3,(H,20,21).